The van der Waals surface area contributed by atoms with Gasteiger partial charge in [-0.05, 0) is 56.9 Å². The van der Waals surface area contributed by atoms with Crippen LogP contribution in [0.15, 0.2) is 27.7 Å². The fourth-order valence-corrected chi connectivity index (χ4v) is 4.94. The zero-order chi connectivity index (χ0) is 21.5. The fraction of sp³-hybridized carbons (Fsp3) is 0.316. The van der Waals surface area contributed by atoms with E-state index in [4.69, 9.17) is 10.3 Å². The molecule has 1 unspecified atom stereocenters. The molecule has 0 fully saturated rings. The summed E-state index contributed by atoms with van der Waals surface area (Å²) in [6.45, 7) is 5.30. The number of amides is 1. The number of aliphatic imine (C=N–C) groups is 1. The van der Waals surface area contributed by atoms with Gasteiger partial charge in [0.05, 0.1) is 16.9 Å². The molecule has 0 saturated carbocycles. The number of carbonyl (C=O) groups excluding carboxylic acids is 1. The maximum atomic E-state index is 14.6. The Bertz CT molecular complexity index is 1160. The lowest BCUT2D eigenvalue weighted by atomic mass is 9.89. The van der Waals surface area contributed by atoms with Crippen LogP contribution < -0.4 is 11.1 Å². The number of halogens is 1. The summed E-state index contributed by atoms with van der Waals surface area (Å²) in [6, 6.07) is 4.43. The van der Waals surface area contributed by atoms with Crippen molar-refractivity contribution in [3.63, 3.8) is 0 Å². The Hall–Kier alpha value is -2.79. The van der Waals surface area contributed by atoms with E-state index in [9.17, 15) is 9.18 Å². The summed E-state index contributed by atoms with van der Waals surface area (Å²) in [5, 5.41) is 11.1. The maximum absolute atomic E-state index is 14.6. The van der Waals surface area contributed by atoms with E-state index in [2.05, 4.69) is 25.1 Å². The zero-order valence-electron chi connectivity index (χ0n) is 16.5. The highest BCUT2D eigenvalue weighted by Crippen LogP contribution is 2.38. The molecule has 3 aromatic rings. The number of benzene rings is 1. The molecule has 1 amide bonds. The van der Waals surface area contributed by atoms with Crippen molar-refractivity contribution in [1.82, 2.24) is 14.7 Å². The SMILES string of the molecule is Cc1nnsc1-c1onc(C)c1C(=O)Nc1ccc(F)c(C2(C)CCSC(N)=N2)c1. The average Bonchev–Trinajstić information content (AvgIpc) is 3.28. The summed E-state index contributed by atoms with van der Waals surface area (Å²) in [5.41, 5.74) is 7.27. The number of amidine groups is 1. The van der Waals surface area contributed by atoms with Crippen molar-refractivity contribution in [2.24, 2.45) is 10.7 Å². The van der Waals surface area contributed by atoms with Crippen LogP contribution in [0.1, 0.15) is 40.7 Å². The van der Waals surface area contributed by atoms with Gasteiger partial charge >= 0.3 is 0 Å². The molecule has 1 aliphatic rings. The number of aryl methyl sites for hydroxylation is 2. The van der Waals surface area contributed by atoms with E-state index >= 15 is 0 Å². The number of carbonyl (C=O) groups is 1. The monoisotopic (exact) mass is 446 g/mol. The number of hydrogen-bond donors (Lipinski definition) is 2. The van der Waals surface area contributed by atoms with Crippen LogP contribution in [0.2, 0.25) is 0 Å². The molecular weight excluding hydrogens is 427 g/mol. The number of nitrogens with zero attached hydrogens (tertiary/aromatic N) is 4. The second-order valence-electron chi connectivity index (χ2n) is 7.13. The molecule has 1 aliphatic heterocycles. The predicted molar refractivity (Wildman–Crippen MR) is 115 cm³/mol. The molecular formula is C19H19FN6O2S2. The molecule has 156 valence electrons. The lowest BCUT2D eigenvalue weighted by molar-refractivity contribution is 0.102. The highest BCUT2D eigenvalue weighted by atomic mass is 32.2. The highest BCUT2D eigenvalue weighted by molar-refractivity contribution is 8.13. The van der Waals surface area contributed by atoms with Crippen LogP contribution in [0.4, 0.5) is 10.1 Å². The van der Waals surface area contributed by atoms with Crippen molar-refractivity contribution in [2.75, 3.05) is 11.1 Å². The number of rotatable bonds is 4. The lowest BCUT2D eigenvalue weighted by Gasteiger charge is -2.30. The third-order valence-corrected chi connectivity index (χ3v) is 6.57. The van der Waals surface area contributed by atoms with Gasteiger partial charge < -0.3 is 15.6 Å². The molecule has 0 spiro atoms. The normalized spacial score (nSPS) is 18.9. The van der Waals surface area contributed by atoms with Crippen molar-refractivity contribution in [1.29, 1.82) is 0 Å². The Morgan fingerprint density at radius 3 is 2.83 bits per heavy atom. The first-order chi connectivity index (χ1) is 14.3. The molecule has 2 aromatic heterocycles. The maximum Gasteiger partial charge on any atom is 0.261 e. The van der Waals surface area contributed by atoms with Gasteiger partial charge in [0.15, 0.2) is 10.9 Å². The minimum Gasteiger partial charge on any atom is -0.379 e. The number of thioether (sulfide) groups is 1. The molecule has 1 atom stereocenters. The first-order valence-electron chi connectivity index (χ1n) is 9.13. The summed E-state index contributed by atoms with van der Waals surface area (Å²) < 4.78 is 23.9. The molecule has 30 heavy (non-hydrogen) atoms. The summed E-state index contributed by atoms with van der Waals surface area (Å²) >= 11 is 2.57. The third-order valence-electron chi connectivity index (χ3n) is 4.95. The van der Waals surface area contributed by atoms with Gasteiger partial charge in [-0.15, -0.1) is 5.10 Å². The summed E-state index contributed by atoms with van der Waals surface area (Å²) in [6.07, 6.45) is 0.638. The average molecular weight is 447 g/mol. The number of aromatic nitrogens is 3. The number of nitrogens with two attached hydrogens (primary N) is 1. The molecule has 0 saturated heterocycles. The van der Waals surface area contributed by atoms with Crippen molar-refractivity contribution in [2.45, 2.75) is 32.7 Å². The largest absolute Gasteiger partial charge is 0.379 e. The molecule has 0 radical (unpaired) electrons. The molecule has 1 aromatic carbocycles. The summed E-state index contributed by atoms with van der Waals surface area (Å²) in [4.78, 5) is 18.1. The minimum atomic E-state index is -0.788. The van der Waals surface area contributed by atoms with Crippen molar-refractivity contribution in [3.8, 4) is 10.6 Å². The van der Waals surface area contributed by atoms with E-state index in [1.165, 1.54) is 23.9 Å². The van der Waals surface area contributed by atoms with Crippen LogP contribution >= 0.6 is 23.3 Å². The standard InChI is InChI=1S/C19H19FN6O2S2/c1-9-14(15(28-25-9)16-10(2)24-26-30-16)17(27)22-11-4-5-13(20)12(8-11)19(3)6-7-29-18(21)23-19/h4-5,8H,6-7H2,1-3H3,(H2,21,23)(H,22,27). The van der Waals surface area contributed by atoms with Crippen molar-refractivity contribution < 1.29 is 13.7 Å². The van der Waals surface area contributed by atoms with Crippen LogP contribution in [0.5, 0.6) is 0 Å². The quantitative estimate of drug-likeness (QED) is 0.624. The van der Waals surface area contributed by atoms with E-state index in [0.717, 1.165) is 17.3 Å². The fourth-order valence-electron chi connectivity index (χ4n) is 3.32. The molecule has 3 N–H and O–H groups in total. The van der Waals surface area contributed by atoms with Gasteiger partial charge in [0.1, 0.15) is 16.3 Å². The Balaban J connectivity index is 1.67. The first-order valence-corrected chi connectivity index (χ1v) is 10.9. The van der Waals surface area contributed by atoms with Crippen molar-refractivity contribution in [3.05, 3.63) is 46.5 Å². The van der Waals surface area contributed by atoms with E-state index in [1.54, 1.807) is 19.9 Å². The van der Waals surface area contributed by atoms with Crippen LogP contribution in [0, 0.1) is 19.7 Å². The number of hydrogen-bond acceptors (Lipinski definition) is 9. The van der Waals surface area contributed by atoms with Gasteiger partial charge in [0.2, 0.25) is 0 Å². The molecule has 4 rings (SSSR count). The van der Waals surface area contributed by atoms with Crippen LogP contribution in [-0.4, -0.2) is 31.6 Å². The van der Waals surface area contributed by atoms with Crippen LogP contribution in [-0.2, 0) is 5.54 Å². The van der Waals surface area contributed by atoms with Gasteiger partial charge in [0, 0.05) is 17.0 Å². The van der Waals surface area contributed by atoms with Gasteiger partial charge in [0.25, 0.3) is 5.91 Å². The smallest absolute Gasteiger partial charge is 0.261 e. The molecule has 0 bridgehead atoms. The predicted octanol–water partition coefficient (Wildman–Crippen LogP) is 3.87. The minimum absolute atomic E-state index is 0.289. The van der Waals surface area contributed by atoms with Gasteiger partial charge in [-0.1, -0.05) is 21.4 Å². The second kappa shape index (κ2) is 7.80. The van der Waals surface area contributed by atoms with Crippen LogP contribution in [0.3, 0.4) is 0 Å². The second-order valence-corrected chi connectivity index (χ2v) is 9.00. The Kier molecular flexibility index (Phi) is 5.33. The molecule has 3 heterocycles. The molecule has 8 nitrogen and oxygen atoms in total. The van der Waals surface area contributed by atoms with E-state index in [-0.39, 0.29) is 5.56 Å². The third kappa shape index (κ3) is 3.70. The van der Waals surface area contributed by atoms with E-state index in [0.29, 0.717) is 44.9 Å². The topological polar surface area (TPSA) is 119 Å². The number of anilines is 1. The molecule has 0 aliphatic carbocycles. The van der Waals surface area contributed by atoms with Gasteiger partial charge in [-0.2, -0.15) is 0 Å². The van der Waals surface area contributed by atoms with E-state index in [1.807, 2.05) is 6.92 Å². The summed E-state index contributed by atoms with van der Waals surface area (Å²) in [7, 11) is 0. The first kappa shape index (κ1) is 20.5. The Morgan fingerprint density at radius 1 is 1.33 bits per heavy atom. The summed E-state index contributed by atoms with van der Waals surface area (Å²) in [5.74, 6) is 0.245. The number of nitrogens with one attached hydrogen (secondary N) is 1. The lowest BCUT2D eigenvalue weighted by Crippen LogP contribution is -2.29. The Morgan fingerprint density at radius 2 is 2.13 bits per heavy atom. The van der Waals surface area contributed by atoms with Crippen LogP contribution in [0.25, 0.3) is 10.6 Å². The zero-order valence-corrected chi connectivity index (χ0v) is 18.2. The van der Waals surface area contributed by atoms with Gasteiger partial charge in [-0.25, -0.2) is 4.39 Å². The van der Waals surface area contributed by atoms with Gasteiger partial charge in [-0.3, -0.25) is 9.79 Å². The van der Waals surface area contributed by atoms with E-state index < -0.39 is 17.3 Å². The van der Waals surface area contributed by atoms with Crippen molar-refractivity contribution >= 4 is 40.1 Å². The molecule has 11 heteroatoms. The Labute approximate surface area is 180 Å². The highest BCUT2D eigenvalue weighted by Gasteiger charge is 2.32.